The van der Waals surface area contributed by atoms with Crippen molar-refractivity contribution >= 4 is 34.6 Å². The van der Waals surface area contributed by atoms with Gasteiger partial charge in [-0.2, -0.15) is 0 Å². The Morgan fingerprint density at radius 3 is 1.21 bits per heavy atom. The van der Waals surface area contributed by atoms with E-state index in [1.807, 2.05) is 60.5 Å². The molecule has 0 saturated carbocycles. The summed E-state index contributed by atoms with van der Waals surface area (Å²) < 4.78 is 0. The van der Waals surface area contributed by atoms with Gasteiger partial charge in [0.1, 0.15) is 0 Å². The van der Waals surface area contributed by atoms with Crippen molar-refractivity contribution in [1.29, 1.82) is 0 Å². The fourth-order valence-electron chi connectivity index (χ4n) is 3.90. The number of carbonyl (C=O) groups excluding carboxylic acids is 2. The third-order valence-electron chi connectivity index (χ3n) is 6.03. The van der Waals surface area contributed by atoms with Gasteiger partial charge in [-0.3, -0.25) is 9.59 Å². The fraction of sp³-hybridized carbons (Fsp3) is 0.481. The molecule has 0 radical (unpaired) electrons. The second-order valence-corrected chi connectivity index (χ2v) is 8.66. The molecule has 210 valence electrons. The minimum absolute atomic E-state index is 0.119. The highest BCUT2D eigenvalue weighted by Crippen LogP contribution is 2.26. The topological polar surface area (TPSA) is 149 Å². The first kappa shape index (κ1) is 30.8. The van der Waals surface area contributed by atoms with E-state index < -0.39 is 0 Å². The molecule has 0 unspecified atom stereocenters. The average Bonchev–Trinajstić information content (AvgIpc) is 2.93. The molecule has 0 fully saturated rings. The van der Waals surface area contributed by atoms with E-state index in [0.717, 1.165) is 22.7 Å². The van der Waals surface area contributed by atoms with Gasteiger partial charge >= 0.3 is 0 Å². The lowest BCUT2D eigenvalue weighted by molar-refractivity contribution is -0.132. The average molecular weight is 532 g/mol. The van der Waals surface area contributed by atoms with Crippen LogP contribution in [-0.4, -0.2) is 115 Å². The van der Waals surface area contributed by atoms with Gasteiger partial charge < -0.3 is 45.8 Å². The van der Waals surface area contributed by atoms with Crippen LogP contribution in [0.4, 0.5) is 22.7 Å². The van der Waals surface area contributed by atoms with Crippen molar-refractivity contribution in [2.45, 2.75) is 12.8 Å². The Hall–Kier alpha value is -3.38. The molecule has 0 aliphatic rings. The molecule has 0 aromatic heterocycles. The van der Waals surface area contributed by atoms with Gasteiger partial charge in [-0.15, -0.1) is 0 Å². The van der Waals surface area contributed by atoms with Gasteiger partial charge in [0.2, 0.25) is 11.8 Å². The van der Waals surface area contributed by atoms with Crippen molar-refractivity contribution in [3.05, 3.63) is 48.5 Å². The lowest BCUT2D eigenvalue weighted by Gasteiger charge is -2.22. The molecule has 0 atom stereocenters. The molecular weight excluding hydrogens is 490 g/mol. The highest BCUT2D eigenvalue weighted by atomic mass is 16.3. The standard InChI is InChI=1S/C27H41N5O6/c1-30(24-6-2-22(3-7-24)28-12-10-26(37)31(14-18-33)15-19-34)25-8-4-23(5-9-25)29-13-11-27(38)32(16-20-35)17-21-36/h2-9,28-29,33-36H,10-21H2,1H3. The highest BCUT2D eigenvalue weighted by Gasteiger charge is 2.13. The van der Waals surface area contributed by atoms with E-state index in [2.05, 4.69) is 10.6 Å². The lowest BCUT2D eigenvalue weighted by atomic mass is 10.2. The van der Waals surface area contributed by atoms with E-state index >= 15 is 0 Å². The summed E-state index contributed by atoms with van der Waals surface area (Å²) in [5.41, 5.74) is 3.75. The molecule has 11 nitrogen and oxygen atoms in total. The van der Waals surface area contributed by atoms with Gasteiger partial charge in [-0.25, -0.2) is 0 Å². The van der Waals surface area contributed by atoms with Crippen LogP contribution in [0.15, 0.2) is 48.5 Å². The third kappa shape index (κ3) is 10.2. The first-order valence-corrected chi connectivity index (χ1v) is 12.8. The minimum Gasteiger partial charge on any atom is -0.395 e. The van der Waals surface area contributed by atoms with Crippen molar-refractivity contribution in [1.82, 2.24) is 9.80 Å². The molecule has 0 heterocycles. The number of carbonyl (C=O) groups is 2. The molecular formula is C27H41N5O6. The van der Waals surface area contributed by atoms with Crippen LogP contribution in [0.5, 0.6) is 0 Å². The number of nitrogens with one attached hydrogen (secondary N) is 2. The molecule has 2 amide bonds. The van der Waals surface area contributed by atoms with Crippen LogP contribution in [0.2, 0.25) is 0 Å². The molecule has 0 spiro atoms. The van der Waals surface area contributed by atoms with E-state index in [-0.39, 0.29) is 77.3 Å². The van der Waals surface area contributed by atoms with Gasteiger partial charge in [-0.05, 0) is 48.5 Å². The zero-order valence-electron chi connectivity index (χ0n) is 22.1. The summed E-state index contributed by atoms with van der Waals surface area (Å²) in [6.45, 7) is 1.22. The van der Waals surface area contributed by atoms with Crippen LogP contribution < -0.4 is 15.5 Å². The van der Waals surface area contributed by atoms with E-state index in [4.69, 9.17) is 20.4 Å². The van der Waals surface area contributed by atoms with Crippen molar-refractivity contribution in [2.24, 2.45) is 0 Å². The molecule has 6 N–H and O–H groups in total. The Balaban J connectivity index is 1.82. The van der Waals surface area contributed by atoms with Crippen LogP contribution in [0, 0.1) is 0 Å². The number of aliphatic hydroxyl groups excluding tert-OH is 4. The molecule has 2 aromatic rings. The summed E-state index contributed by atoms with van der Waals surface area (Å²) >= 11 is 0. The van der Waals surface area contributed by atoms with Gasteiger partial charge in [-0.1, -0.05) is 0 Å². The summed E-state index contributed by atoms with van der Waals surface area (Å²) in [7, 11) is 1.97. The van der Waals surface area contributed by atoms with E-state index in [1.54, 1.807) is 0 Å². The summed E-state index contributed by atoms with van der Waals surface area (Å²) in [5.74, 6) is -0.237. The summed E-state index contributed by atoms with van der Waals surface area (Å²) in [4.78, 5) is 29.4. The van der Waals surface area contributed by atoms with Crippen molar-refractivity contribution < 1.29 is 30.0 Å². The van der Waals surface area contributed by atoms with Gasteiger partial charge in [0.25, 0.3) is 0 Å². The van der Waals surface area contributed by atoms with Crippen molar-refractivity contribution in [2.75, 3.05) is 88.3 Å². The smallest absolute Gasteiger partial charge is 0.224 e. The molecule has 38 heavy (non-hydrogen) atoms. The third-order valence-corrected chi connectivity index (χ3v) is 6.03. The monoisotopic (exact) mass is 531 g/mol. The molecule has 2 aromatic carbocycles. The number of rotatable bonds is 18. The number of nitrogens with zero attached hydrogens (tertiary/aromatic N) is 3. The largest absolute Gasteiger partial charge is 0.395 e. The first-order valence-electron chi connectivity index (χ1n) is 12.8. The Morgan fingerprint density at radius 1 is 0.605 bits per heavy atom. The minimum atomic E-state index is -0.133. The van der Waals surface area contributed by atoms with E-state index in [0.29, 0.717) is 13.1 Å². The van der Waals surface area contributed by atoms with E-state index in [9.17, 15) is 9.59 Å². The molecule has 2 rings (SSSR count). The van der Waals surface area contributed by atoms with Crippen LogP contribution >= 0.6 is 0 Å². The maximum absolute atomic E-state index is 12.2. The number of hydrogen-bond acceptors (Lipinski definition) is 9. The molecule has 0 aliphatic carbocycles. The predicted octanol–water partition coefficient (Wildman–Crippen LogP) is 0.685. The van der Waals surface area contributed by atoms with Crippen LogP contribution in [0.25, 0.3) is 0 Å². The highest BCUT2D eigenvalue weighted by molar-refractivity contribution is 5.77. The van der Waals surface area contributed by atoms with Gasteiger partial charge in [0.05, 0.1) is 26.4 Å². The summed E-state index contributed by atoms with van der Waals surface area (Å²) in [5, 5.41) is 42.7. The Kier molecular flexibility index (Phi) is 14.0. The van der Waals surface area contributed by atoms with E-state index in [1.165, 1.54) is 9.80 Å². The van der Waals surface area contributed by atoms with Crippen molar-refractivity contribution in [3.63, 3.8) is 0 Å². The Bertz CT molecular complexity index is 868. The van der Waals surface area contributed by atoms with Crippen LogP contribution in [-0.2, 0) is 9.59 Å². The second-order valence-electron chi connectivity index (χ2n) is 8.66. The Labute approximate surface area is 224 Å². The molecule has 0 bridgehead atoms. The summed E-state index contributed by atoms with van der Waals surface area (Å²) in [6.07, 6.45) is 0.527. The fourth-order valence-corrected chi connectivity index (χ4v) is 3.90. The first-order chi connectivity index (χ1) is 18.4. The maximum Gasteiger partial charge on any atom is 0.224 e. The van der Waals surface area contributed by atoms with Crippen LogP contribution in [0.3, 0.4) is 0 Å². The number of amides is 2. The molecule has 11 heteroatoms. The zero-order chi connectivity index (χ0) is 27.8. The second kappa shape index (κ2) is 17.2. The predicted molar refractivity (Wildman–Crippen MR) is 149 cm³/mol. The number of hydrogen-bond donors (Lipinski definition) is 6. The maximum atomic E-state index is 12.2. The SMILES string of the molecule is CN(c1ccc(NCCC(=O)N(CCO)CCO)cc1)c1ccc(NCCC(=O)N(CCO)CCO)cc1. The summed E-state index contributed by atoms with van der Waals surface area (Å²) in [6, 6.07) is 15.7. The molecule has 0 saturated heterocycles. The quantitative estimate of drug-likeness (QED) is 0.163. The Morgan fingerprint density at radius 2 is 0.921 bits per heavy atom. The van der Waals surface area contributed by atoms with Gasteiger partial charge in [0, 0.05) is 81.9 Å². The van der Waals surface area contributed by atoms with Gasteiger partial charge in [0.15, 0.2) is 0 Å². The molecule has 0 aliphatic heterocycles. The normalized spacial score (nSPS) is 10.7. The van der Waals surface area contributed by atoms with Crippen molar-refractivity contribution in [3.8, 4) is 0 Å². The lowest BCUT2D eigenvalue weighted by Crippen LogP contribution is -2.36. The number of aliphatic hydroxyl groups is 4. The number of anilines is 4. The zero-order valence-corrected chi connectivity index (χ0v) is 22.1. The van der Waals surface area contributed by atoms with Crippen LogP contribution in [0.1, 0.15) is 12.8 Å². The number of benzene rings is 2.